The molecule has 0 aliphatic carbocycles. The number of rotatable bonds is 8. The van der Waals surface area contributed by atoms with Crippen molar-refractivity contribution in [3.63, 3.8) is 0 Å². The minimum absolute atomic E-state index is 0.0554. The summed E-state index contributed by atoms with van der Waals surface area (Å²) in [7, 11) is 1.29. The highest BCUT2D eigenvalue weighted by Gasteiger charge is 2.54. The van der Waals surface area contributed by atoms with Gasteiger partial charge in [0.05, 0.1) is 0 Å². The number of aryl methyl sites for hydroxylation is 1. The molecule has 4 N–H and O–H groups in total. The molecule has 174 valence electrons. The fourth-order valence-electron chi connectivity index (χ4n) is 3.30. The summed E-state index contributed by atoms with van der Waals surface area (Å²) in [5.74, 6) is -1.60. The van der Waals surface area contributed by atoms with Gasteiger partial charge in [-0.1, -0.05) is 28.3 Å². The van der Waals surface area contributed by atoms with Crippen LogP contribution < -0.4 is 11.1 Å². The van der Waals surface area contributed by atoms with E-state index in [0.29, 0.717) is 26.3 Å². The molecule has 0 saturated carbocycles. The van der Waals surface area contributed by atoms with Crippen molar-refractivity contribution in [2.45, 2.75) is 22.7 Å². The number of nitrogens with two attached hydrogens (primary N) is 1. The minimum Gasteiger partial charge on any atom is -0.477 e. The first-order valence-corrected chi connectivity index (χ1v) is 13.0. The Morgan fingerprint density at radius 3 is 2.88 bits per heavy atom. The van der Waals surface area contributed by atoms with Crippen LogP contribution in [0.4, 0.5) is 5.13 Å². The quantitative estimate of drug-likeness (QED) is 0.191. The lowest BCUT2D eigenvalue weighted by Crippen LogP contribution is -2.71. The number of carbonyl (C=O) groups is 3. The minimum atomic E-state index is -1.19. The smallest absolute Gasteiger partial charge is 0.352 e. The van der Waals surface area contributed by atoms with Crippen molar-refractivity contribution < 1.29 is 24.3 Å². The lowest BCUT2D eigenvalue weighted by Gasteiger charge is -2.49. The van der Waals surface area contributed by atoms with Crippen LogP contribution in [0, 0.1) is 6.92 Å². The zero-order chi connectivity index (χ0) is 23.7. The number of nitrogen functional groups attached to an aromatic ring is 1. The summed E-state index contributed by atoms with van der Waals surface area (Å²) in [4.78, 5) is 48.6. The molecule has 1 unspecified atom stereocenters. The summed E-state index contributed by atoms with van der Waals surface area (Å²) in [5, 5.41) is 23.6. The SMILES string of the molecule is CO/N=C(\C(=O)NC1C(=O)N2C(C(=O)O)=C(CSc3nncs3)CS[C@H]12)c1nc(N)sc1C. The first-order valence-electron chi connectivity index (χ1n) is 9.26. The average molecular weight is 528 g/mol. The number of aliphatic carboxylic acids is 1. The van der Waals surface area contributed by atoms with Crippen molar-refractivity contribution in [3.05, 3.63) is 27.4 Å². The van der Waals surface area contributed by atoms with E-state index in [-0.39, 0.29) is 22.2 Å². The summed E-state index contributed by atoms with van der Waals surface area (Å²) in [6.45, 7) is 1.74. The summed E-state index contributed by atoms with van der Waals surface area (Å²) >= 11 is 5.29. The number of nitrogens with one attached hydrogen (secondary N) is 1. The van der Waals surface area contributed by atoms with Gasteiger partial charge in [-0.2, -0.15) is 0 Å². The Morgan fingerprint density at radius 2 is 2.27 bits per heavy atom. The number of oxime groups is 1. The maximum atomic E-state index is 12.9. The Kier molecular flexibility index (Phi) is 6.87. The summed E-state index contributed by atoms with van der Waals surface area (Å²) in [6, 6.07) is -0.910. The van der Waals surface area contributed by atoms with E-state index in [9.17, 15) is 19.5 Å². The summed E-state index contributed by atoms with van der Waals surface area (Å²) in [6.07, 6.45) is 0. The van der Waals surface area contributed by atoms with Crippen LogP contribution in [-0.4, -0.2) is 78.7 Å². The van der Waals surface area contributed by atoms with Crippen molar-refractivity contribution in [3.8, 4) is 0 Å². The number of anilines is 1. The molecule has 33 heavy (non-hydrogen) atoms. The third-order valence-electron chi connectivity index (χ3n) is 4.68. The maximum absolute atomic E-state index is 12.9. The first kappa shape index (κ1) is 23.5. The highest BCUT2D eigenvalue weighted by molar-refractivity contribution is 8.01. The highest BCUT2D eigenvalue weighted by Crippen LogP contribution is 2.41. The van der Waals surface area contributed by atoms with Crippen LogP contribution in [0.15, 0.2) is 26.3 Å². The van der Waals surface area contributed by atoms with Crippen LogP contribution in [0.3, 0.4) is 0 Å². The number of aromatic nitrogens is 3. The van der Waals surface area contributed by atoms with Gasteiger partial charge >= 0.3 is 5.97 Å². The second kappa shape index (κ2) is 9.66. The maximum Gasteiger partial charge on any atom is 0.352 e. The van der Waals surface area contributed by atoms with E-state index in [2.05, 4.69) is 25.7 Å². The average Bonchev–Trinajstić information content (AvgIpc) is 3.42. The molecule has 1 fully saturated rings. The molecule has 0 aromatic carbocycles. The van der Waals surface area contributed by atoms with E-state index in [1.807, 2.05) is 0 Å². The zero-order valence-electron chi connectivity index (χ0n) is 17.2. The highest BCUT2D eigenvalue weighted by atomic mass is 32.2. The molecule has 2 aliphatic rings. The third-order valence-corrected chi connectivity index (χ3v) is 8.77. The van der Waals surface area contributed by atoms with E-state index < -0.39 is 29.2 Å². The van der Waals surface area contributed by atoms with Gasteiger partial charge in [0.2, 0.25) is 0 Å². The number of amides is 2. The molecule has 2 amide bonds. The Hall–Kier alpha value is -2.69. The molecule has 4 heterocycles. The number of thioether (sulfide) groups is 2. The predicted octanol–water partition coefficient (Wildman–Crippen LogP) is 0.767. The van der Waals surface area contributed by atoms with Gasteiger partial charge in [0, 0.05) is 16.4 Å². The van der Waals surface area contributed by atoms with E-state index in [1.165, 1.54) is 58.2 Å². The summed E-state index contributed by atoms with van der Waals surface area (Å²) < 4.78 is 0.711. The van der Waals surface area contributed by atoms with Crippen LogP contribution in [0.2, 0.25) is 0 Å². The number of carboxylic acid groups (broad SMARTS) is 1. The molecule has 1 saturated heterocycles. The molecule has 2 aliphatic heterocycles. The normalized spacial score (nSPS) is 20.4. The standard InChI is InChI=1S/C17H17N7O5S4/c1-6-8(21-16(18)33-6)9(23-29-2)12(25)20-10-13(26)24-11(15(27)28)7(3-30-14(10)24)4-31-17-22-19-5-32-17/h5,10,14H,3-4H2,1-2H3,(H2,18,21)(H,20,25)(H,27,28)/b23-9-/t10?,14-/m1/s1. The van der Waals surface area contributed by atoms with Crippen molar-refractivity contribution in [1.82, 2.24) is 25.4 Å². The summed E-state index contributed by atoms with van der Waals surface area (Å²) in [5.41, 5.74) is 8.02. The van der Waals surface area contributed by atoms with Crippen LogP contribution in [0.5, 0.6) is 0 Å². The number of carboxylic acids is 1. The van der Waals surface area contributed by atoms with E-state index in [4.69, 9.17) is 10.6 Å². The fourth-order valence-corrected chi connectivity index (χ4v) is 6.96. The zero-order valence-corrected chi connectivity index (χ0v) is 20.4. The molecular formula is C17H17N7O5S4. The predicted molar refractivity (Wildman–Crippen MR) is 125 cm³/mol. The van der Waals surface area contributed by atoms with Gasteiger partial charge in [0.25, 0.3) is 11.8 Å². The van der Waals surface area contributed by atoms with Crippen molar-refractivity contribution in [2.75, 3.05) is 24.3 Å². The second-order valence-electron chi connectivity index (χ2n) is 6.69. The van der Waals surface area contributed by atoms with Gasteiger partial charge in [0.1, 0.15) is 35.4 Å². The number of thiazole rings is 1. The van der Waals surface area contributed by atoms with Crippen LogP contribution in [0.1, 0.15) is 10.6 Å². The molecule has 2 atom stereocenters. The number of fused-ring (bicyclic) bond motifs is 1. The number of carbonyl (C=O) groups excluding carboxylic acids is 2. The monoisotopic (exact) mass is 527 g/mol. The van der Waals surface area contributed by atoms with Gasteiger partial charge in [-0.25, -0.2) is 9.78 Å². The topological polar surface area (TPSA) is 173 Å². The Balaban J connectivity index is 1.51. The molecule has 0 spiro atoms. The van der Waals surface area contributed by atoms with Crippen LogP contribution >= 0.6 is 46.2 Å². The lowest BCUT2D eigenvalue weighted by molar-refractivity contribution is -0.150. The van der Waals surface area contributed by atoms with Gasteiger partial charge in [0.15, 0.2) is 15.2 Å². The largest absolute Gasteiger partial charge is 0.477 e. The number of hydrogen-bond acceptors (Lipinski definition) is 13. The van der Waals surface area contributed by atoms with Crippen LogP contribution in [0.25, 0.3) is 0 Å². The molecule has 16 heteroatoms. The van der Waals surface area contributed by atoms with E-state index in [0.717, 1.165) is 0 Å². The Morgan fingerprint density at radius 1 is 1.48 bits per heavy atom. The number of nitrogens with zero attached hydrogens (tertiary/aromatic N) is 5. The van der Waals surface area contributed by atoms with Gasteiger partial charge in [-0.3, -0.25) is 14.5 Å². The van der Waals surface area contributed by atoms with Gasteiger partial charge in [-0.05, 0) is 12.5 Å². The Bertz CT molecular complexity index is 1160. The Labute approximate surface area is 203 Å². The molecule has 2 aromatic heterocycles. The molecular weight excluding hydrogens is 510 g/mol. The molecule has 2 aromatic rings. The van der Waals surface area contributed by atoms with Crippen molar-refractivity contribution >= 4 is 74.8 Å². The molecule has 4 rings (SSSR count). The number of hydrogen-bond donors (Lipinski definition) is 3. The van der Waals surface area contributed by atoms with Crippen LogP contribution in [-0.2, 0) is 19.2 Å². The van der Waals surface area contributed by atoms with E-state index in [1.54, 1.807) is 12.4 Å². The molecule has 12 nitrogen and oxygen atoms in total. The van der Waals surface area contributed by atoms with Crippen molar-refractivity contribution in [1.29, 1.82) is 0 Å². The van der Waals surface area contributed by atoms with Crippen molar-refractivity contribution in [2.24, 2.45) is 5.16 Å². The fraction of sp³-hybridized carbons (Fsp3) is 0.353. The number of β-lactam (4-membered cyclic amide) rings is 1. The van der Waals surface area contributed by atoms with Gasteiger partial charge < -0.3 is 21.0 Å². The lowest BCUT2D eigenvalue weighted by atomic mass is 10.0. The molecule has 0 bridgehead atoms. The van der Waals surface area contributed by atoms with Gasteiger partial charge in [-0.15, -0.1) is 33.3 Å². The van der Waals surface area contributed by atoms with E-state index >= 15 is 0 Å². The third kappa shape index (κ3) is 4.55. The first-order chi connectivity index (χ1) is 15.8. The second-order valence-corrected chi connectivity index (χ2v) is 11.1. The molecule has 0 radical (unpaired) electrons.